The van der Waals surface area contributed by atoms with Crippen LogP contribution in [-0.2, 0) is 0 Å². The third-order valence-electron chi connectivity index (χ3n) is 5.33. The summed E-state index contributed by atoms with van der Waals surface area (Å²) in [5.41, 5.74) is 2.06. The third-order valence-corrected chi connectivity index (χ3v) is 5.33. The zero-order valence-electron chi connectivity index (χ0n) is 12.0. The summed E-state index contributed by atoms with van der Waals surface area (Å²) in [5.74, 6) is 2.17. The SMILES string of the molecule is C=C1CCCC2(C)CCC(C([N-]C)C(C)C)C12. The fourth-order valence-corrected chi connectivity index (χ4v) is 4.64. The normalized spacial score (nSPS) is 39.5. The van der Waals surface area contributed by atoms with Gasteiger partial charge in [-0.05, 0) is 37.0 Å². The number of hydrogen-bond acceptors (Lipinski definition) is 0. The van der Waals surface area contributed by atoms with Crippen molar-refractivity contribution in [3.63, 3.8) is 0 Å². The first-order valence-corrected chi connectivity index (χ1v) is 7.26. The zero-order chi connectivity index (χ0) is 12.6. The molecule has 0 aliphatic heterocycles. The highest BCUT2D eigenvalue weighted by Gasteiger charge is 2.48. The van der Waals surface area contributed by atoms with E-state index in [9.17, 15) is 0 Å². The summed E-state index contributed by atoms with van der Waals surface area (Å²) in [6.07, 6.45) is 6.77. The van der Waals surface area contributed by atoms with E-state index in [1.165, 1.54) is 37.7 Å². The first-order valence-electron chi connectivity index (χ1n) is 7.26. The molecule has 0 aromatic carbocycles. The maximum atomic E-state index is 4.69. The Morgan fingerprint density at radius 1 is 1.35 bits per heavy atom. The van der Waals surface area contributed by atoms with Crippen molar-refractivity contribution in [1.29, 1.82) is 0 Å². The van der Waals surface area contributed by atoms with Gasteiger partial charge in [-0.15, -0.1) is 6.04 Å². The molecule has 0 aromatic rings. The molecule has 2 fully saturated rings. The van der Waals surface area contributed by atoms with Crippen LogP contribution in [0.2, 0.25) is 0 Å². The Morgan fingerprint density at radius 3 is 2.65 bits per heavy atom. The van der Waals surface area contributed by atoms with Crippen LogP contribution < -0.4 is 0 Å². The Bertz CT molecular complexity index is 294. The molecule has 2 saturated carbocycles. The Morgan fingerprint density at radius 2 is 2.06 bits per heavy atom. The lowest BCUT2D eigenvalue weighted by Crippen LogP contribution is -2.36. The highest BCUT2D eigenvalue weighted by Crippen LogP contribution is 2.58. The van der Waals surface area contributed by atoms with Crippen LogP contribution in [0.5, 0.6) is 0 Å². The van der Waals surface area contributed by atoms with Crippen LogP contribution >= 0.6 is 0 Å². The van der Waals surface area contributed by atoms with E-state index >= 15 is 0 Å². The van der Waals surface area contributed by atoms with Crippen molar-refractivity contribution in [3.8, 4) is 0 Å². The summed E-state index contributed by atoms with van der Waals surface area (Å²) in [6.45, 7) is 11.5. The van der Waals surface area contributed by atoms with E-state index < -0.39 is 0 Å². The molecule has 17 heavy (non-hydrogen) atoms. The van der Waals surface area contributed by atoms with E-state index in [-0.39, 0.29) is 0 Å². The summed E-state index contributed by atoms with van der Waals surface area (Å²) >= 11 is 0. The van der Waals surface area contributed by atoms with Crippen LogP contribution in [0.15, 0.2) is 12.2 Å². The summed E-state index contributed by atoms with van der Waals surface area (Å²) in [6, 6.07) is 0.539. The van der Waals surface area contributed by atoms with Crippen molar-refractivity contribution < 1.29 is 0 Å². The molecule has 0 N–H and O–H groups in total. The molecule has 0 amide bonds. The standard InChI is InChI=1S/C16H28N/c1-11(2)15(17-5)13-8-10-16(4)9-6-7-12(3)14(13)16/h11,13-15H,3,6-10H2,1-2,4-5H3/q-1. The van der Waals surface area contributed by atoms with Gasteiger partial charge in [0.2, 0.25) is 0 Å². The second-order valence-corrected chi connectivity index (χ2v) is 6.84. The van der Waals surface area contributed by atoms with E-state index in [1.807, 2.05) is 7.05 Å². The minimum atomic E-state index is 0.539. The molecule has 0 aromatic heterocycles. The molecular weight excluding hydrogens is 206 g/mol. The van der Waals surface area contributed by atoms with Gasteiger partial charge in [0.1, 0.15) is 0 Å². The monoisotopic (exact) mass is 234 g/mol. The van der Waals surface area contributed by atoms with E-state index in [4.69, 9.17) is 0 Å². The quantitative estimate of drug-likeness (QED) is 0.624. The van der Waals surface area contributed by atoms with Gasteiger partial charge in [0, 0.05) is 0 Å². The van der Waals surface area contributed by atoms with Crippen molar-refractivity contribution >= 4 is 0 Å². The fourth-order valence-electron chi connectivity index (χ4n) is 4.64. The van der Waals surface area contributed by atoms with E-state index in [0.717, 1.165) is 11.8 Å². The first-order chi connectivity index (χ1) is 7.99. The van der Waals surface area contributed by atoms with Crippen LogP contribution in [0.4, 0.5) is 0 Å². The lowest BCUT2D eigenvalue weighted by molar-refractivity contribution is 0.162. The molecule has 1 heteroatoms. The third kappa shape index (κ3) is 2.19. The fraction of sp³-hybridized carbons (Fsp3) is 0.875. The number of rotatable bonds is 3. The van der Waals surface area contributed by atoms with Crippen LogP contribution in [-0.4, -0.2) is 13.1 Å². The largest absolute Gasteiger partial charge is 0.662 e. The summed E-state index contributed by atoms with van der Waals surface area (Å²) < 4.78 is 0. The predicted octanol–water partition coefficient (Wildman–Crippen LogP) is 4.79. The minimum absolute atomic E-state index is 0.539. The molecule has 2 aliphatic rings. The number of hydrogen-bond donors (Lipinski definition) is 0. The van der Waals surface area contributed by atoms with Crippen LogP contribution in [0.25, 0.3) is 5.32 Å². The van der Waals surface area contributed by atoms with Gasteiger partial charge in [0.05, 0.1) is 0 Å². The van der Waals surface area contributed by atoms with E-state index in [1.54, 1.807) is 0 Å². The van der Waals surface area contributed by atoms with Crippen molar-refractivity contribution in [2.75, 3.05) is 7.05 Å². The number of allylic oxidation sites excluding steroid dienone is 1. The summed E-state index contributed by atoms with van der Waals surface area (Å²) in [5, 5.41) is 4.69. The minimum Gasteiger partial charge on any atom is -0.662 e. The summed E-state index contributed by atoms with van der Waals surface area (Å²) in [4.78, 5) is 0. The summed E-state index contributed by atoms with van der Waals surface area (Å²) in [7, 11) is 2.01. The molecule has 4 atom stereocenters. The number of nitrogens with zero attached hydrogens (tertiary/aromatic N) is 1. The topological polar surface area (TPSA) is 14.1 Å². The highest BCUT2D eigenvalue weighted by molar-refractivity contribution is 5.18. The molecule has 2 aliphatic carbocycles. The number of fused-ring (bicyclic) bond motifs is 1. The Labute approximate surface area is 107 Å². The van der Waals surface area contributed by atoms with E-state index in [2.05, 4.69) is 32.7 Å². The Balaban J connectivity index is 2.22. The molecule has 1 nitrogen and oxygen atoms in total. The highest BCUT2D eigenvalue weighted by atomic mass is 14.9. The maximum Gasteiger partial charge on any atom is -0.0137 e. The predicted molar refractivity (Wildman–Crippen MR) is 75.2 cm³/mol. The zero-order valence-corrected chi connectivity index (χ0v) is 12.0. The van der Waals surface area contributed by atoms with Gasteiger partial charge in [0.25, 0.3) is 0 Å². The van der Waals surface area contributed by atoms with Crippen molar-refractivity contribution in [2.24, 2.45) is 23.2 Å². The first kappa shape index (κ1) is 13.1. The lowest BCUT2D eigenvalue weighted by Gasteiger charge is -2.47. The molecular formula is C16H28N-. The van der Waals surface area contributed by atoms with Gasteiger partial charge in [-0.1, -0.05) is 51.2 Å². The average Bonchev–Trinajstić information content (AvgIpc) is 2.58. The second kappa shape index (κ2) is 4.76. The molecule has 0 saturated heterocycles. The second-order valence-electron chi connectivity index (χ2n) is 6.84. The molecule has 98 valence electrons. The molecule has 2 rings (SSSR count). The molecule has 0 radical (unpaired) electrons. The van der Waals surface area contributed by atoms with Crippen molar-refractivity contribution in [1.82, 2.24) is 0 Å². The van der Waals surface area contributed by atoms with Gasteiger partial charge in [0.15, 0.2) is 0 Å². The molecule has 0 bridgehead atoms. The maximum absolute atomic E-state index is 4.69. The van der Waals surface area contributed by atoms with Gasteiger partial charge in [-0.3, -0.25) is 0 Å². The van der Waals surface area contributed by atoms with Crippen LogP contribution in [0.1, 0.15) is 52.9 Å². The Kier molecular flexibility index (Phi) is 3.68. The van der Waals surface area contributed by atoms with Crippen molar-refractivity contribution in [2.45, 2.75) is 58.9 Å². The molecule has 0 heterocycles. The van der Waals surface area contributed by atoms with Gasteiger partial charge in [-0.2, -0.15) is 7.05 Å². The average molecular weight is 234 g/mol. The smallest absolute Gasteiger partial charge is 0.0137 e. The van der Waals surface area contributed by atoms with Crippen LogP contribution in [0.3, 0.4) is 0 Å². The Hall–Kier alpha value is -0.300. The lowest BCUT2D eigenvalue weighted by atomic mass is 9.64. The van der Waals surface area contributed by atoms with Gasteiger partial charge >= 0.3 is 0 Å². The van der Waals surface area contributed by atoms with Gasteiger partial charge in [-0.25, -0.2) is 0 Å². The van der Waals surface area contributed by atoms with Crippen molar-refractivity contribution in [3.05, 3.63) is 17.5 Å². The molecule has 4 unspecified atom stereocenters. The van der Waals surface area contributed by atoms with E-state index in [0.29, 0.717) is 17.4 Å². The molecule has 0 spiro atoms. The van der Waals surface area contributed by atoms with Gasteiger partial charge < -0.3 is 5.32 Å². The van der Waals surface area contributed by atoms with Crippen LogP contribution in [0, 0.1) is 23.2 Å².